The maximum atomic E-state index is 12.4. The number of rotatable bonds is 4. The molecule has 1 aromatic carbocycles. The number of sulfonamides is 1. The number of aryl methyl sites for hydroxylation is 2. The van der Waals surface area contributed by atoms with Crippen LogP contribution in [0.4, 0.5) is 13.2 Å². The molecule has 0 heterocycles. The number of hydrogen-bond donors (Lipinski definition) is 1. The van der Waals surface area contributed by atoms with Gasteiger partial charge >= 0.3 is 15.5 Å². The fourth-order valence-corrected chi connectivity index (χ4v) is 3.54. The molecule has 0 amide bonds. The van der Waals surface area contributed by atoms with Crippen molar-refractivity contribution >= 4 is 10.0 Å². The molecule has 1 aliphatic rings. The van der Waals surface area contributed by atoms with Gasteiger partial charge in [-0.05, 0) is 47.9 Å². The molecule has 3 nitrogen and oxygen atoms in total. The third-order valence-electron chi connectivity index (χ3n) is 3.84. The molecule has 118 valence electrons. The van der Waals surface area contributed by atoms with E-state index in [-0.39, 0.29) is 0 Å². The topological polar surface area (TPSA) is 46.2 Å². The van der Waals surface area contributed by atoms with Gasteiger partial charge in [0.15, 0.2) is 0 Å². The smallest absolute Gasteiger partial charge is 0.204 e. The third-order valence-corrected chi connectivity index (χ3v) is 5.10. The monoisotopic (exact) mass is 321 g/mol. The quantitative estimate of drug-likeness (QED) is 0.927. The van der Waals surface area contributed by atoms with Crippen molar-refractivity contribution in [1.82, 2.24) is 4.72 Å². The first-order valence-corrected chi connectivity index (χ1v) is 8.38. The van der Waals surface area contributed by atoms with Crippen molar-refractivity contribution in [2.75, 3.05) is 0 Å². The Bertz CT molecular complexity index is 605. The van der Waals surface area contributed by atoms with Crippen molar-refractivity contribution in [2.45, 2.75) is 51.1 Å². The molecule has 0 fully saturated rings. The Hall–Kier alpha value is -1.08. The zero-order chi connectivity index (χ0) is 15.8. The highest BCUT2D eigenvalue weighted by molar-refractivity contribution is 7.90. The van der Waals surface area contributed by atoms with Gasteiger partial charge in [0.1, 0.15) is 0 Å². The molecule has 21 heavy (non-hydrogen) atoms. The third kappa shape index (κ3) is 3.23. The molecule has 0 atom stereocenters. The molecule has 0 radical (unpaired) electrons. The first-order chi connectivity index (χ1) is 9.68. The molecule has 0 spiro atoms. The molecule has 0 saturated heterocycles. The lowest BCUT2D eigenvalue weighted by Crippen LogP contribution is -2.43. The summed E-state index contributed by atoms with van der Waals surface area (Å²) in [7, 11) is -5.28. The number of alkyl halides is 3. The first-order valence-electron chi connectivity index (χ1n) is 6.90. The average Bonchev–Trinajstić information content (AvgIpc) is 2.75. The number of halogens is 3. The van der Waals surface area contributed by atoms with Crippen molar-refractivity contribution in [3.63, 3.8) is 0 Å². The SMILES string of the molecule is CCc1cc2c(cc1CC)CC(NS(=O)(=O)C(F)(F)F)C2. The summed E-state index contributed by atoms with van der Waals surface area (Å²) in [6.45, 7) is 4.05. The van der Waals surface area contributed by atoms with Crippen LogP contribution in [0.15, 0.2) is 12.1 Å². The summed E-state index contributed by atoms with van der Waals surface area (Å²) in [5.41, 5.74) is -1.02. The van der Waals surface area contributed by atoms with Gasteiger partial charge in [0.2, 0.25) is 0 Å². The summed E-state index contributed by atoms with van der Waals surface area (Å²) < 4.78 is 61.3. The van der Waals surface area contributed by atoms with Crippen molar-refractivity contribution in [2.24, 2.45) is 0 Å². The van der Waals surface area contributed by atoms with Crippen molar-refractivity contribution in [3.05, 3.63) is 34.4 Å². The van der Waals surface area contributed by atoms with Crippen LogP contribution in [0, 0.1) is 0 Å². The predicted octanol–water partition coefficient (Wildman–Crippen LogP) is 2.72. The fraction of sp³-hybridized carbons (Fsp3) is 0.571. The van der Waals surface area contributed by atoms with E-state index in [0.29, 0.717) is 12.8 Å². The first kappa shape index (κ1) is 16.3. The van der Waals surface area contributed by atoms with Gasteiger partial charge in [-0.2, -0.15) is 13.2 Å². The molecular weight excluding hydrogens is 303 g/mol. The van der Waals surface area contributed by atoms with E-state index in [1.54, 1.807) is 4.72 Å². The van der Waals surface area contributed by atoms with Gasteiger partial charge in [-0.25, -0.2) is 13.1 Å². The summed E-state index contributed by atoms with van der Waals surface area (Å²) in [6, 6.07) is 3.27. The normalized spacial score (nSPS) is 16.2. The predicted molar refractivity (Wildman–Crippen MR) is 74.5 cm³/mol. The van der Waals surface area contributed by atoms with Crippen LogP contribution < -0.4 is 4.72 Å². The molecule has 1 N–H and O–H groups in total. The van der Waals surface area contributed by atoms with Gasteiger partial charge in [-0.1, -0.05) is 26.0 Å². The lowest BCUT2D eigenvalue weighted by Gasteiger charge is -2.14. The molecule has 0 saturated carbocycles. The van der Waals surface area contributed by atoms with E-state index in [4.69, 9.17) is 0 Å². The molecule has 7 heteroatoms. The maximum absolute atomic E-state index is 12.4. The van der Waals surface area contributed by atoms with E-state index in [0.717, 1.165) is 24.0 Å². The summed E-state index contributed by atoms with van der Waals surface area (Å²) in [5, 5.41) is 0. The maximum Gasteiger partial charge on any atom is 0.511 e. The van der Waals surface area contributed by atoms with E-state index in [9.17, 15) is 21.6 Å². The Labute approximate surface area is 122 Å². The van der Waals surface area contributed by atoms with Gasteiger partial charge in [0.25, 0.3) is 0 Å². The van der Waals surface area contributed by atoms with Gasteiger partial charge in [0, 0.05) is 6.04 Å². The van der Waals surface area contributed by atoms with Gasteiger partial charge in [0.05, 0.1) is 0 Å². The number of hydrogen-bond acceptors (Lipinski definition) is 2. The second-order valence-corrected chi connectivity index (χ2v) is 6.97. The second kappa shape index (κ2) is 5.61. The summed E-state index contributed by atoms with van der Waals surface area (Å²) in [5.74, 6) is 0. The number of benzene rings is 1. The summed E-state index contributed by atoms with van der Waals surface area (Å²) in [6.07, 6.45) is 2.33. The molecule has 2 rings (SSSR count). The van der Waals surface area contributed by atoms with Crippen molar-refractivity contribution in [3.8, 4) is 0 Å². The zero-order valence-electron chi connectivity index (χ0n) is 11.9. The van der Waals surface area contributed by atoms with Crippen LogP contribution in [0.5, 0.6) is 0 Å². The Morgan fingerprint density at radius 1 is 1.10 bits per heavy atom. The number of nitrogens with one attached hydrogen (secondary N) is 1. The fourth-order valence-electron chi connectivity index (χ4n) is 2.80. The minimum absolute atomic E-state index is 0.307. The Kier molecular flexibility index (Phi) is 4.35. The Morgan fingerprint density at radius 3 is 1.86 bits per heavy atom. The van der Waals surface area contributed by atoms with Crippen LogP contribution in [0.3, 0.4) is 0 Å². The highest BCUT2D eigenvalue weighted by Gasteiger charge is 2.47. The lowest BCUT2D eigenvalue weighted by molar-refractivity contribution is -0.0450. The van der Waals surface area contributed by atoms with Crippen LogP contribution >= 0.6 is 0 Å². The minimum atomic E-state index is -5.28. The largest absolute Gasteiger partial charge is 0.511 e. The van der Waals surface area contributed by atoms with Crippen LogP contribution in [0.25, 0.3) is 0 Å². The molecule has 1 aliphatic carbocycles. The Morgan fingerprint density at radius 2 is 1.52 bits per heavy atom. The standard InChI is InChI=1S/C14H18F3NO2S/c1-3-9-5-11-7-13(8-12(11)6-10(9)4-2)18-21(19,20)14(15,16)17/h5-6,13,18H,3-4,7-8H2,1-2H3. The van der Waals surface area contributed by atoms with E-state index in [1.807, 2.05) is 26.0 Å². The average molecular weight is 321 g/mol. The van der Waals surface area contributed by atoms with Crippen LogP contribution in [0.2, 0.25) is 0 Å². The van der Waals surface area contributed by atoms with Gasteiger partial charge < -0.3 is 0 Å². The van der Waals surface area contributed by atoms with Gasteiger partial charge in [-0.15, -0.1) is 0 Å². The van der Waals surface area contributed by atoms with Gasteiger partial charge in [-0.3, -0.25) is 0 Å². The molecular formula is C14H18F3NO2S. The molecule has 0 bridgehead atoms. The minimum Gasteiger partial charge on any atom is -0.204 e. The van der Waals surface area contributed by atoms with Crippen molar-refractivity contribution < 1.29 is 21.6 Å². The molecule has 0 unspecified atom stereocenters. The molecule has 0 aromatic heterocycles. The summed E-state index contributed by atoms with van der Waals surface area (Å²) in [4.78, 5) is 0. The van der Waals surface area contributed by atoms with E-state index < -0.39 is 21.6 Å². The van der Waals surface area contributed by atoms with Crippen LogP contribution in [0.1, 0.15) is 36.1 Å². The molecule has 1 aromatic rings. The lowest BCUT2D eigenvalue weighted by atomic mass is 9.97. The van der Waals surface area contributed by atoms with Crippen LogP contribution in [-0.2, 0) is 35.7 Å². The van der Waals surface area contributed by atoms with E-state index >= 15 is 0 Å². The highest BCUT2D eigenvalue weighted by Crippen LogP contribution is 2.29. The van der Waals surface area contributed by atoms with E-state index in [2.05, 4.69) is 0 Å². The zero-order valence-corrected chi connectivity index (χ0v) is 12.7. The highest BCUT2D eigenvalue weighted by atomic mass is 32.2. The summed E-state index contributed by atoms with van der Waals surface area (Å²) >= 11 is 0. The van der Waals surface area contributed by atoms with E-state index in [1.165, 1.54) is 11.1 Å². The second-order valence-electron chi connectivity index (χ2n) is 5.27. The Balaban J connectivity index is 2.21. The molecule has 0 aliphatic heterocycles. The number of fused-ring (bicyclic) bond motifs is 1. The van der Waals surface area contributed by atoms with Crippen LogP contribution in [-0.4, -0.2) is 20.0 Å². The van der Waals surface area contributed by atoms with Crippen molar-refractivity contribution in [1.29, 1.82) is 0 Å².